The van der Waals surface area contributed by atoms with E-state index in [-0.39, 0.29) is 0 Å². The van der Waals surface area contributed by atoms with Crippen LogP contribution in [0, 0.1) is 0 Å². The predicted octanol–water partition coefficient (Wildman–Crippen LogP) is 2.66. The standard InChI is InChI=1S/C15H16N2/c1-17-10-12-6-2-3-7-13(12)14(11-17)15-8-4-5-9-16-15/h2-9,14H,10-11H2,1H3. The molecule has 0 N–H and O–H groups in total. The van der Waals surface area contributed by atoms with Gasteiger partial charge in [-0.25, -0.2) is 0 Å². The van der Waals surface area contributed by atoms with E-state index in [1.165, 1.54) is 16.8 Å². The zero-order chi connectivity index (χ0) is 11.7. The average molecular weight is 224 g/mol. The summed E-state index contributed by atoms with van der Waals surface area (Å²) in [6.07, 6.45) is 1.88. The fourth-order valence-corrected chi connectivity index (χ4v) is 2.62. The van der Waals surface area contributed by atoms with E-state index < -0.39 is 0 Å². The Morgan fingerprint density at radius 3 is 2.76 bits per heavy atom. The van der Waals surface area contributed by atoms with Crippen LogP contribution in [0.3, 0.4) is 0 Å². The lowest BCUT2D eigenvalue weighted by Crippen LogP contribution is -2.31. The second-order valence-corrected chi connectivity index (χ2v) is 4.70. The third kappa shape index (κ3) is 1.96. The van der Waals surface area contributed by atoms with Gasteiger partial charge in [-0.1, -0.05) is 30.3 Å². The van der Waals surface area contributed by atoms with Gasteiger partial charge in [0.15, 0.2) is 0 Å². The van der Waals surface area contributed by atoms with Gasteiger partial charge in [0, 0.05) is 30.9 Å². The van der Waals surface area contributed by atoms with Crippen molar-refractivity contribution >= 4 is 0 Å². The molecule has 1 aromatic carbocycles. The van der Waals surface area contributed by atoms with E-state index in [1.807, 2.05) is 12.3 Å². The smallest absolute Gasteiger partial charge is 0.0491 e. The fraction of sp³-hybridized carbons (Fsp3) is 0.267. The minimum atomic E-state index is 0.408. The van der Waals surface area contributed by atoms with Crippen molar-refractivity contribution in [2.45, 2.75) is 12.5 Å². The third-order valence-electron chi connectivity index (χ3n) is 3.41. The number of pyridine rings is 1. The summed E-state index contributed by atoms with van der Waals surface area (Å²) in [5.41, 5.74) is 4.03. The number of hydrogen-bond donors (Lipinski definition) is 0. The van der Waals surface area contributed by atoms with Crippen LogP contribution in [0.25, 0.3) is 0 Å². The highest BCUT2D eigenvalue weighted by molar-refractivity contribution is 5.37. The van der Waals surface area contributed by atoms with Crippen molar-refractivity contribution in [3.05, 3.63) is 65.5 Å². The second-order valence-electron chi connectivity index (χ2n) is 4.70. The van der Waals surface area contributed by atoms with E-state index in [9.17, 15) is 0 Å². The molecule has 86 valence electrons. The lowest BCUT2D eigenvalue weighted by atomic mass is 9.87. The second kappa shape index (κ2) is 4.30. The maximum absolute atomic E-state index is 4.51. The first-order chi connectivity index (χ1) is 8.34. The van der Waals surface area contributed by atoms with Crippen LogP contribution >= 0.6 is 0 Å². The quantitative estimate of drug-likeness (QED) is 0.740. The third-order valence-corrected chi connectivity index (χ3v) is 3.41. The fourth-order valence-electron chi connectivity index (χ4n) is 2.62. The van der Waals surface area contributed by atoms with Gasteiger partial charge in [0.05, 0.1) is 0 Å². The summed E-state index contributed by atoms with van der Waals surface area (Å²) < 4.78 is 0. The molecule has 0 spiro atoms. The number of hydrogen-bond acceptors (Lipinski definition) is 2. The SMILES string of the molecule is CN1Cc2ccccc2C(c2ccccn2)C1. The maximum atomic E-state index is 4.51. The highest BCUT2D eigenvalue weighted by Gasteiger charge is 2.24. The largest absolute Gasteiger partial charge is 0.301 e. The van der Waals surface area contributed by atoms with Gasteiger partial charge in [-0.2, -0.15) is 0 Å². The topological polar surface area (TPSA) is 16.1 Å². The van der Waals surface area contributed by atoms with Gasteiger partial charge in [-0.3, -0.25) is 4.98 Å². The van der Waals surface area contributed by atoms with Crippen LogP contribution in [0.2, 0.25) is 0 Å². The van der Waals surface area contributed by atoms with Crippen molar-refractivity contribution in [3.8, 4) is 0 Å². The molecule has 0 aliphatic carbocycles. The van der Waals surface area contributed by atoms with Crippen molar-refractivity contribution in [2.75, 3.05) is 13.6 Å². The first kappa shape index (κ1) is 10.5. The number of fused-ring (bicyclic) bond motifs is 1. The highest BCUT2D eigenvalue weighted by atomic mass is 15.1. The van der Waals surface area contributed by atoms with Crippen molar-refractivity contribution in [1.29, 1.82) is 0 Å². The van der Waals surface area contributed by atoms with Crippen LogP contribution in [0.15, 0.2) is 48.7 Å². The molecule has 0 bridgehead atoms. The average Bonchev–Trinajstić information content (AvgIpc) is 2.39. The Morgan fingerprint density at radius 2 is 1.94 bits per heavy atom. The van der Waals surface area contributed by atoms with Gasteiger partial charge >= 0.3 is 0 Å². The van der Waals surface area contributed by atoms with E-state index >= 15 is 0 Å². The molecule has 0 fully saturated rings. The van der Waals surface area contributed by atoms with Crippen LogP contribution < -0.4 is 0 Å². The van der Waals surface area contributed by atoms with Crippen LogP contribution in [0.5, 0.6) is 0 Å². The van der Waals surface area contributed by atoms with Crippen LogP contribution in [0.1, 0.15) is 22.7 Å². The molecule has 1 aliphatic rings. The van der Waals surface area contributed by atoms with Gasteiger partial charge in [0.1, 0.15) is 0 Å². The number of nitrogens with zero attached hydrogens (tertiary/aromatic N) is 2. The molecule has 0 saturated heterocycles. The number of rotatable bonds is 1. The summed E-state index contributed by atoms with van der Waals surface area (Å²) in [5, 5.41) is 0. The number of aromatic nitrogens is 1. The van der Waals surface area contributed by atoms with Crippen LogP contribution in [0.4, 0.5) is 0 Å². The van der Waals surface area contributed by atoms with Crippen molar-refractivity contribution < 1.29 is 0 Å². The Kier molecular flexibility index (Phi) is 2.65. The van der Waals surface area contributed by atoms with E-state index in [2.05, 4.69) is 53.3 Å². The van der Waals surface area contributed by atoms with Gasteiger partial charge < -0.3 is 4.90 Å². The van der Waals surface area contributed by atoms with Crippen LogP contribution in [-0.4, -0.2) is 23.5 Å². The molecule has 2 aromatic rings. The molecule has 2 nitrogen and oxygen atoms in total. The number of benzene rings is 1. The van der Waals surface area contributed by atoms with Gasteiger partial charge in [-0.05, 0) is 30.3 Å². The monoisotopic (exact) mass is 224 g/mol. The molecule has 0 radical (unpaired) electrons. The van der Waals surface area contributed by atoms with Crippen molar-refractivity contribution in [3.63, 3.8) is 0 Å². The summed E-state index contributed by atoms with van der Waals surface area (Å²) in [4.78, 5) is 6.87. The molecule has 0 amide bonds. The maximum Gasteiger partial charge on any atom is 0.0491 e. The lowest BCUT2D eigenvalue weighted by Gasteiger charge is -2.31. The van der Waals surface area contributed by atoms with Gasteiger partial charge in [0.25, 0.3) is 0 Å². The molecule has 0 saturated carbocycles. The predicted molar refractivity (Wildman–Crippen MR) is 68.9 cm³/mol. The van der Waals surface area contributed by atoms with E-state index in [0.717, 1.165) is 13.1 Å². The first-order valence-corrected chi connectivity index (χ1v) is 6.02. The molecule has 2 heteroatoms. The molecular weight excluding hydrogens is 208 g/mol. The van der Waals surface area contributed by atoms with Crippen LogP contribution in [-0.2, 0) is 6.54 Å². The minimum Gasteiger partial charge on any atom is -0.301 e. The number of likely N-dealkylation sites (N-methyl/N-ethyl adjacent to an activating group) is 1. The molecule has 17 heavy (non-hydrogen) atoms. The van der Waals surface area contributed by atoms with E-state index in [0.29, 0.717) is 5.92 Å². The Bertz CT molecular complexity index is 507. The summed E-state index contributed by atoms with van der Waals surface area (Å²) in [6, 6.07) is 14.9. The molecule has 1 unspecified atom stereocenters. The molecule has 1 aliphatic heterocycles. The van der Waals surface area contributed by atoms with E-state index in [4.69, 9.17) is 0 Å². The lowest BCUT2D eigenvalue weighted by molar-refractivity contribution is 0.293. The molecule has 2 heterocycles. The summed E-state index contributed by atoms with van der Waals surface area (Å²) in [5.74, 6) is 0.408. The Hall–Kier alpha value is -1.67. The Labute approximate surface area is 102 Å². The Balaban J connectivity index is 2.07. The summed E-state index contributed by atoms with van der Waals surface area (Å²) >= 11 is 0. The van der Waals surface area contributed by atoms with Gasteiger partial charge in [0.2, 0.25) is 0 Å². The summed E-state index contributed by atoms with van der Waals surface area (Å²) in [7, 11) is 2.17. The highest BCUT2D eigenvalue weighted by Crippen LogP contribution is 2.31. The minimum absolute atomic E-state index is 0.408. The first-order valence-electron chi connectivity index (χ1n) is 6.02. The normalized spacial score (nSPS) is 19.9. The molecule has 1 atom stereocenters. The zero-order valence-corrected chi connectivity index (χ0v) is 10.0. The van der Waals surface area contributed by atoms with E-state index in [1.54, 1.807) is 0 Å². The summed E-state index contributed by atoms with van der Waals surface area (Å²) in [6.45, 7) is 2.09. The van der Waals surface area contributed by atoms with Crippen molar-refractivity contribution in [2.24, 2.45) is 0 Å². The van der Waals surface area contributed by atoms with Crippen molar-refractivity contribution in [1.82, 2.24) is 9.88 Å². The molecule has 3 rings (SSSR count). The zero-order valence-electron chi connectivity index (χ0n) is 10.0. The molecular formula is C15H16N2. The Morgan fingerprint density at radius 1 is 1.12 bits per heavy atom. The van der Waals surface area contributed by atoms with Gasteiger partial charge in [-0.15, -0.1) is 0 Å². The molecule has 1 aromatic heterocycles.